The predicted octanol–water partition coefficient (Wildman–Crippen LogP) is 1.17. The molecule has 0 spiro atoms. The molecule has 2 aromatic carbocycles. The van der Waals surface area contributed by atoms with E-state index in [1.54, 1.807) is 19.2 Å². The lowest BCUT2D eigenvalue weighted by Gasteiger charge is -2.42. The number of rotatable bonds is 4. The van der Waals surface area contributed by atoms with Gasteiger partial charge in [-0.15, -0.1) is 0 Å². The maximum Gasteiger partial charge on any atom is 0.247 e. The largest absolute Gasteiger partial charge is 0.754 e. The molecule has 1 atom stereocenters. The molecular weight excluding hydrogens is 346 g/mol. The number of hydrogen-bond acceptors (Lipinski definition) is 5. The van der Waals surface area contributed by atoms with Gasteiger partial charge in [0.15, 0.2) is 0 Å². The number of ether oxygens (including phenoxy) is 2. The third-order valence-electron chi connectivity index (χ3n) is 5.14. The van der Waals surface area contributed by atoms with E-state index in [2.05, 4.69) is 5.32 Å². The van der Waals surface area contributed by atoms with Gasteiger partial charge in [-0.25, -0.2) is 0 Å². The molecule has 0 saturated carbocycles. The Kier molecular flexibility index (Phi) is 4.98. The number of nitrogens with one attached hydrogen (secondary N) is 2. The van der Waals surface area contributed by atoms with E-state index in [-0.39, 0.29) is 0 Å². The minimum atomic E-state index is -0.753. The maximum absolute atomic E-state index is 12.6. The molecule has 1 amide bonds. The third-order valence-corrected chi connectivity index (χ3v) is 5.14. The van der Waals surface area contributed by atoms with Crippen molar-refractivity contribution in [3.05, 3.63) is 64.4 Å². The molecule has 2 aliphatic heterocycles. The van der Waals surface area contributed by atoms with E-state index in [1.165, 1.54) is 4.90 Å². The number of nitrogens with zero attached hydrogens (tertiary/aromatic N) is 1. The monoisotopic (exact) mass is 369 g/mol. The van der Waals surface area contributed by atoms with Crippen LogP contribution in [-0.4, -0.2) is 44.4 Å². The van der Waals surface area contributed by atoms with Crippen LogP contribution >= 0.6 is 0 Å². The Bertz CT molecular complexity index is 836. The number of quaternary nitrogens is 1. The van der Waals surface area contributed by atoms with Crippen molar-refractivity contribution in [2.45, 2.75) is 12.7 Å². The summed E-state index contributed by atoms with van der Waals surface area (Å²) in [6, 6.07) is 12.7. The van der Waals surface area contributed by atoms with Crippen LogP contribution in [0, 0.1) is 5.21 Å². The zero-order valence-corrected chi connectivity index (χ0v) is 15.2. The van der Waals surface area contributed by atoms with Gasteiger partial charge in [0.2, 0.25) is 5.91 Å². The van der Waals surface area contributed by atoms with E-state index in [4.69, 9.17) is 9.47 Å². The van der Waals surface area contributed by atoms with Crippen molar-refractivity contribution in [1.29, 1.82) is 0 Å². The van der Waals surface area contributed by atoms with Gasteiger partial charge in [0, 0.05) is 11.3 Å². The summed E-state index contributed by atoms with van der Waals surface area (Å²) in [4.78, 5) is 13.9. The summed E-state index contributed by atoms with van der Waals surface area (Å²) in [6.45, 7) is 4.17. The van der Waals surface area contributed by atoms with Gasteiger partial charge in [-0.2, -0.15) is 0 Å². The Labute approximate surface area is 158 Å². The highest BCUT2D eigenvalue weighted by Gasteiger charge is 2.28. The highest BCUT2D eigenvalue weighted by atomic mass is 16.5. The molecule has 0 bridgehead atoms. The van der Waals surface area contributed by atoms with Crippen LogP contribution < -0.4 is 15.0 Å². The molecule has 7 nitrogen and oxygen atoms in total. The number of methoxy groups -OCH3 is 1. The van der Waals surface area contributed by atoms with Crippen LogP contribution in [0.1, 0.15) is 27.7 Å². The molecule has 1 fully saturated rings. The Morgan fingerprint density at radius 3 is 2.81 bits per heavy atom. The van der Waals surface area contributed by atoms with E-state index >= 15 is 0 Å². The Hall–Kier alpha value is -2.61. The zero-order valence-electron chi connectivity index (χ0n) is 15.2. The third kappa shape index (κ3) is 3.49. The molecule has 7 heteroatoms. The molecule has 142 valence electrons. The molecule has 1 unspecified atom stereocenters. The first-order valence-electron chi connectivity index (χ1n) is 9.12. The van der Waals surface area contributed by atoms with Crippen molar-refractivity contribution >= 4 is 11.6 Å². The summed E-state index contributed by atoms with van der Waals surface area (Å²) in [5, 5.41) is 16.3. The number of para-hydroxylation sites is 1. The van der Waals surface area contributed by atoms with Crippen molar-refractivity contribution < 1.29 is 19.2 Å². The lowest BCUT2D eigenvalue weighted by molar-refractivity contribution is -0.921. The lowest BCUT2D eigenvalue weighted by atomic mass is 10.0. The molecule has 2 N–H and O–H groups in total. The van der Waals surface area contributed by atoms with Gasteiger partial charge in [0.25, 0.3) is 0 Å². The molecule has 0 aliphatic carbocycles. The van der Waals surface area contributed by atoms with E-state index in [9.17, 15) is 10.0 Å². The average molecular weight is 369 g/mol. The number of fused-ring (bicyclic) bond motifs is 1. The van der Waals surface area contributed by atoms with Gasteiger partial charge in [-0.05, 0) is 29.8 Å². The summed E-state index contributed by atoms with van der Waals surface area (Å²) < 4.78 is 10.9. The van der Waals surface area contributed by atoms with Crippen molar-refractivity contribution in [3.63, 3.8) is 0 Å². The number of carbonyl (C=O) groups is 1. The number of amides is 1. The molecule has 27 heavy (non-hydrogen) atoms. The number of morpholine rings is 1. The van der Waals surface area contributed by atoms with Crippen LogP contribution in [0.5, 0.6) is 5.75 Å². The molecule has 0 radical (unpaired) electrons. The highest BCUT2D eigenvalue weighted by Crippen LogP contribution is 2.33. The van der Waals surface area contributed by atoms with Gasteiger partial charge in [-0.3, -0.25) is 4.79 Å². The number of hydrogen-bond donors (Lipinski definition) is 2. The second-order valence-corrected chi connectivity index (χ2v) is 6.83. The van der Waals surface area contributed by atoms with Crippen molar-refractivity contribution in [2.24, 2.45) is 0 Å². The van der Waals surface area contributed by atoms with Crippen LogP contribution in [0.2, 0.25) is 0 Å². The molecule has 4 rings (SSSR count). The van der Waals surface area contributed by atoms with E-state index < -0.39 is 12.1 Å². The summed E-state index contributed by atoms with van der Waals surface area (Å²) in [6.07, 6.45) is -0.753. The van der Waals surface area contributed by atoms with Gasteiger partial charge in [0.1, 0.15) is 31.5 Å². The van der Waals surface area contributed by atoms with Gasteiger partial charge in [0.05, 0.1) is 25.9 Å². The summed E-state index contributed by atoms with van der Waals surface area (Å²) >= 11 is 0. The van der Waals surface area contributed by atoms with Crippen LogP contribution in [0.25, 0.3) is 0 Å². The quantitative estimate of drug-likeness (QED) is 0.846. The van der Waals surface area contributed by atoms with Crippen LogP contribution in [-0.2, 0) is 11.3 Å². The molecule has 2 aliphatic rings. The maximum atomic E-state index is 12.6. The second kappa shape index (κ2) is 7.56. The van der Waals surface area contributed by atoms with Crippen LogP contribution in [0.3, 0.4) is 0 Å². The summed E-state index contributed by atoms with van der Waals surface area (Å²) in [7, 11) is 1.64. The minimum absolute atomic E-state index is 0.398. The lowest BCUT2D eigenvalue weighted by Crippen LogP contribution is -3.12. The second-order valence-electron chi connectivity index (χ2n) is 6.83. The fraction of sp³-hybridized carbons (Fsp3) is 0.350. The number of carbonyl (C=O) groups excluding carboxylic acids is 1. The van der Waals surface area contributed by atoms with E-state index in [0.29, 0.717) is 16.3 Å². The van der Waals surface area contributed by atoms with Gasteiger partial charge < -0.3 is 30.0 Å². The van der Waals surface area contributed by atoms with Crippen LogP contribution in [0.4, 0.5) is 5.69 Å². The van der Waals surface area contributed by atoms with Crippen molar-refractivity contribution in [1.82, 2.24) is 5.06 Å². The Morgan fingerprint density at radius 2 is 2.04 bits per heavy atom. The Balaban J connectivity index is 1.63. The predicted molar refractivity (Wildman–Crippen MR) is 101 cm³/mol. The first-order chi connectivity index (χ1) is 13.2. The van der Waals surface area contributed by atoms with Crippen molar-refractivity contribution in [3.8, 4) is 5.75 Å². The topological polar surface area (TPSA) is 78.3 Å². The van der Waals surface area contributed by atoms with Crippen LogP contribution in [0.15, 0.2) is 42.5 Å². The molecular formula is C20H23N3O4. The Morgan fingerprint density at radius 1 is 1.26 bits per heavy atom. The number of anilines is 1. The van der Waals surface area contributed by atoms with E-state index in [1.807, 2.05) is 30.3 Å². The van der Waals surface area contributed by atoms with Gasteiger partial charge in [-0.1, -0.05) is 18.2 Å². The molecule has 2 aromatic rings. The highest BCUT2D eigenvalue weighted by molar-refractivity contribution is 6.01. The molecule has 1 saturated heterocycles. The normalized spacial score (nSPS) is 20.1. The fourth-order valence-electron chi connectivity index (χ4n) is 3.67. The zero-order chi connectivity index (χ0) is 18.8. The minimum Gasteiger partial charge on any atom is -0.754 e. The average Bonchev–Trinajstić information content (AvgIpc) is 2.71. The SMILES string of the molecule is COc1ccc(C2Nc3ccccc3C(=O)N2[O-])cc1C[NH+]1CCOCC1. The first-order valence-corrected chi connectivity index (χ1v) is 9.12. The van der Waals surface area contributed by atoms with Gasteiger partial charge >= 0.3 is 0 Å². The molecule has 2 heterocycles. The first kappa shape index (κ1) is 17.8. The number of benzene rings is 2. The fourth-order valence-corrected chi connectivity index (χ4v) is 3.67. The number of hydroxylamine groups is 2. The van der Waals surface area contributed by atoms with E-state index in [0.717, 1.165) is 49.7 Å². The van der Waals surface area contributed by atoms with Crippen molar-refractivity contribution in [2.75, 3.05) is 38.7 Å². The summed E-state index contributed by atoms with van der Waals surface area (Å²) in [5.74, 6) is 0.267. The standard InChI is InChI=1S/C20H22N3O4/c1-26-18-7-6-14(12-15(18)13-22-8-10-27-11-9-22)19-21-17-5-3-2-4-16(17)20(24)23(19)25/h2-7,12,19,21H,8-11,13H2,1H3/q-1/p+1. The summed E-state index contributed by atoms with van der Waals surface area (Å²) in [5.41, 5.74) is 2.84. The smallest absolute Gasteiger partial charge is 0.247 e. The molecule has 0 aromatic heterocycles.